The van der Waals surface area contributed by atoms with Crippen LogP contribution in [0, 0.1) is 0 Å². The largest absolute Gasteiger partial charge is 0.350 e. The summed E-state index contributed by atoms with van der Waals surface area (Å²) in [6.07, 6.45) is 8.02. The Morgan fingerprint density at radius 2 is 2.25 bits per heavy atom. The Morgan fingerprint density at radius 1 is 1.40 bits per heavy atom. The van der Waals surface area contributed by atoms with Crippen molar-refractivity contribution in [3.05, 3.63) is 39.8 Å². The summed E-state index contributed by atoms with van der Waals surface area (Å²) in [6.45, 7) is 2.91. The van der Waals surface area contributed by atoms with Gasteiger partial charge in [0, 0.05) is 19.2 Å². The smallest absolute Gasteiger partial charge is 0.271 e. The number of allylic oxidation sites excluding steroid dienone is 1. The van der Waals surface area contributed by atoms with Crippen LogP contribution in [0.25, 0.3) is 0 Å². The predicted molar refractivity (Wildman–Crippen MR) is 77.7 cm³/mol. The Morgan fingerprint density at radius 3 is 2.95 bits per heavy atom. The molecule has 0 aromatic carbocycles. The molecule has 0 atom stereocenters. The van der Waals surface area contributed by atoms with Crippen LogP contribution in [0.5, 0.6) is 0 Å². The topological polar surface area (TPSA) is 64.0 Å². The minimum Gasteiger partial charge on any atom is -0.350 e. The fourth-order valence-electron chi connectivity index (χ4n) is 2.36. The van der Waals surface area contributed by atoms with E-state index in [1.54, 1.807) is 0 Å². The van der Waals surface area contributed by atoms with Gasteiger partial charge in [-0.1, -0.05) is 11.6 Å². The Labute approximate surface area is 118 Å². The zero-order chi connectivity index (χ0) is 14.4. The Balaban J connectivity index is 1.88. The number of aryl methyl sites for hydroxylation is 1. The molecular formula is C15H21N3O2. The van der Waals surface area contributed by atoms with Crippen molar-refractivity contribution in [1.29, 1.82) is 0 Å². The number of hydrogen-bond donors (Lipinski definition) is 1. The molecule has 5 nitrogen and oxygen atoms in total. The molecule has 0 aliphatic heterocycles. The van der Waals surface area contributed by atoms with E-state index in [0.717, 1.165) is 19.3 Å². The van der Waals surface area contributed by atoms with Gasteiger partial charge in [0.2, 0.25) is 0 Å². The van der Waals surface area contributed by atoms with E-state index < -0.39 is 0 Å². The average Bonchev–Trinajstić information content (AvgIpc) is 2.48. The Hall–Kier alpha value is -1.91. The summed E-state index contributed by atoms with van der Waals surface area (Å²) < 4.78 is 1.29. The Bertz CT molecular complexity index is 560. The molecule has 0 saturated heterocycles. The van der Waals surface area contributed by atoms with Gasteiger partial charge in [-0.05, 0) is 45.1 Å². The minimum absolute atomic E-state index is 0.184. The van der Waals surface area contributed by atoms with Crippen LogP contribution in [0.15, 0.2) is 28.6 Å². The number of amides is 1. The van der Waals surface area contributed by atoms with Crippen LogP contribution < -0.4 is 10.9 Å². The van der Waals surface area contributed by atoms with E-state index in [1.165, 1.54) is 35.2 Å². The number of nitrogens with one attached hydrogen (secondary N) is 1. The van der Waals surface area contributed by atoms with Crippen LogP contribution in [0.2, 0.25) is 0 Å². The van der Waals surface area contributed by atoms with Crippen LogP contribution in [-0.4, -0.2) is 22.2 Å². The van der Waals surface area contributed by atoms with E-state index in [4.69, 9.17) is 0 Å². The monoisotopic (exact) mass is 275 g/mol. The third-order valence-electron chi connectivity index (χ3n) is 3.52. The predicted octanol–water partition coefficient (Wildman–Crippen LogP) is 1.88. The molecule has 1 amide bonds. The maximum atomic E-state index is 12.0. The molecule has 1 aliphatic rings. The number of aromatic nitrogens is 2. The second kappa shape index (κ2) is 7.03. The van der Waals surface area contributed by atoms with Gasteiger partial charge in [-0.2, -0.15) is 5.10 Å². The van der Waals surface area contributed by atoms with Crippen LogP contribution in [0.1, 0.15) is 49.5 Å². The first-order chi connectivity index (χ1) is 9.70. The number of carbonyl (C=O) groups is 1. The molecule has 0 radical (unpaired) electrons. The first-order valence-electron chi connectivity index (χ1n) is 7.25. The maximum Gasteiger partial charge on any atom is 0.271 e. The molecule has 0 fully saturated rings. The van der Waals surface area contributed by atoms with Crippen LogP contribution in [0.3, 0.4) is 0 Å². The van der Waals surface area contributed by atoms with Gasteiger partial charge in [0.15, 0.2) is 0 Å². The summed E-state index contributed by atoms with van der Waals surface area (Å²) >= 11 is 0. The van der Waals surface area contributed by atoms with Crippen molar-refractivity contribution in [3.63, 3.8) is 0 Å². The minimum atomic E-state index is -0.219. The quantitative estimate of drug-likeness (QED) is 0.835. The van der Waals surface area contributed by atoms with Crippen molar-refractivity contribution >= 4 is 5.91 Å². The highest BCUT2D eigenvalue weighted by Crippen LogP contribution is 2.19. The van der Waals surface area contributed by atoms with Gasteiger partial charge in [-0.3, -0.25) is 9.59 Å². The summed E-state index contributed by atoms with van der Waals surface area (Å²) in [7, 11) is 0. The molecule has 20 heavy (non-hydrogen) atoms. The van der Waals surface area contributed by atoms with Crippen molar-refractivity contribution in [2.24, 2.45) is 0 Å². The standard InChI is InChI=1S/C15H21N3O2/c1-2-18-14(19)9-8-13(17-18)15(20)16-11-10-12-6-4-3-5-7-12/h6,8-9H,2-5,7,10-11H2,1H3,(H,16,20). The van der Waals surface area contributed by atoms with Crippen LogP contribution >= 0.6 is 0 Å². The van der Waals surface area contributed by atoms with Crippen molar-refractivity contribution in [2.75, 3.05) is 6.54 Å². The lowest BCUT2D eigenvalue weighted by atomic mass is 9.97. The average molecular weight is 275 g/mol. The molecule has 0 bridgehead atoms. The molecule has 1 aromatic heterocycles. The number of rotatable bonds is 5. The maximum absolute atomic E-state index is 12.0. The molecule has 1 N–H and O–H groups in total. The molecule has 1 aliphatic carbocycles. The van der Waals surface area contributed by atoms with E-state index in [2.05, 4.69) is 16.5 Å². The van der Waals surface area contributed by atoms with Gasteiger partial charge >= 0.3 is 0 Å². The SMILES string of the molecule is CCn1nc(C(=O)NCCC2=CCCCC2)ccc1=O. The molecule has 1 heterocycles. The molecular weight excluding hydrogens is 254 g/mol. The highest BCUT2D eigenvalue weighted by atomic mass is 16.2. The molecule has 1 aromatic rings. The van der Waals surface area contributed by atoms with Crippen molar-refractivity contribution in [2.45, 2.75) is 45.6 Å². The molecule has 2 rings (SSSR count). The fourth-order valence-corrected chi connectivity index (χ4v) is 2.36. The zero-order valence-electron chi connectivity index (χ0n) is 11.9. The molecule has 0 spiro atoms. The van der Waals surface area contributed by atoms with Crippen LogP contribution in [0.4, 0.5) is 0 Å². The number of hydrogen-bond acceptors (Lipinski definition) is 3. The second-order valence-electron chi connectivity index (χ2n) is 4.99. The third-order valence-corrected chi connectivity index (χ3v) is 3.52. The van der Waals surface area contributed by atoms with Gasteiger partial charge in [0.05, 0.1) is 0 Å². The lowest BCUT2D eigenvalue weighted by Gasteiger charge is -2.12. The Kier molecular flexibility index (Phi) is 5.09. The van der Waals surface area contributed by atoms with E-state index in [-0.39, 0.29) is 11.5 Å². The zero-order valence-corrected chi connectivity index (χ0v) is 11.9. The normalized spacial score (nSPS) is 14.8. The van der Waals surface area contributed by atoms with E-state index >= 15 is 0 Å². The van der Waals surface area contributed by atoms with Gasteiger partial charge in [-0.15, -0.1) is 0 Å². The summed E-state index contributed by atoms with van der Waals surface area (Å²) in [5.41, 5.74) is 1.54. The van der Waals surface area contributed by atoms with Crippen molar-refractivity contribution in [3.8, 4) is 0 Å². The number of nitrogens with zero attached hydrogens (tertiary/aromatic N) is 2. The molecule has 0 saturated carbocycles. The third kappa shape index (κ3) is 3.79. The first-order valence-corrected chi connectivity index (χ1v) is 7.25. The highest BCUT2D eigenvalue weighted by Gasteiger charge is 2.09. The lowest BCUT2D eigenvalue weighted by molar-refractivity contribution is 0.0946. The fraction of sp³-hybridized carbons (Fsp3) is 0.533. The van der Waals surface area contributed by atoms with E-state index in [9.17, 15) is 9.59 Å². The molecule has 108 valence electrons. The van der Waals surface area contributed by atoms with Crippen molar-refractivity contribution in [1.82, 2.24) is 15.1 Å². The van der Waals surface area contributed by atoms with Crippen molar-refractivity contribution < 1.29 is 4.79 Å². The summed E-state index contributed by atoms with van der Waals surface area (Å²) in [5, 5.41) is 6.89. The highest BCUT2D eigenvalue weighted by molar-refractivity contribution is 5.91. The van der Waals surface area contributed by atoms with Gasteiger partial charge in [-0.25, -0.2) is 4.68 Å². The molecule has 0 unspecified atom stereocenters. The summed E-state index contributed by atoms with van der Waals surface area (Å²) in [4.78, 5) is 23.4. The van der Waals surface area contributed by atoms with Gasteiger partial charge in [0.1, 0.15) is 5.69 Å². The van der Waals surface area contributed by atoms with Gasteiger partial charge < -0.3 is 5.32 Å². The number of carbonyl (C=O) groups excluding carboxylic acids is 1. The summed E-state index contributed by atoms with van der Waals surface area (Å²) in [6, 6.07) is 2.86. The first kappa shape index (κ1) is 14.5. The summed E-state index contributed by atoms with van der Waals surface area (Å²) in [5.74, 6) is -0.219. The lowest BCUT2D eigenvalue weighted by Crippen LogP contribution is -2.30. The van der Waals surface area contributed by atoms with Gasteiger partial charge in [0.25, 0.3) is 11.5 Å². The molecule has 5 heteroatoms. The van der Waals surface area contributed by atoms with Crippen LogP contribution in [-0.2, 0) is 6.54 Å². The van der Waals surface area contributed by atoms with E-state index in [0.29, 0.717) is 18.8 Å². The van der Waals surface area contributed by atoms with E-state index in [1.807, 2.05) is 6.92 Å². The second-order valence-corrected chi connectivity index (χ2v) is 4.99.